The van der Waals surface area contributed by atoms with E-state index in [4.69, 9.17) is 0 Å². The molecule has 0 saturated heterocycles. The van der Waals surface area contributed by atoms with Crippen LogP contribution in [-0.4, -0.2) is 4.98 Å². The van der Waals surface area contributed by atoms with Crippen LogP contribution in [0, 0.1) is 6.07 Å². The minimum atomic E-state index is 0.517. The summed E-state index contributed by atoms with van der Waals surface area (Å²) in [5.41, 5.74) is 3.41. The summed E-state index contributed by atoms with van der Waals surface area (Å²) in [6.45, 7) is 4.41. The molecule has 0 N–H and O–H groups in total. The summed E-state index contributed by atoms with van der Waals surface area (Å²) in [6.07, 6.45) is 1.87. The van der Waals surface area contributed by atoms with Gasteiger partial charge in [-0.05, 0) is 28.5 Å². The zero-order valence-electron chi connectivity index (χ0n) is 11.2. The Balaban J connectivity index is 2.22. The molecule has 0 atom stereocenters. The highest BCUT2D eigenvalue weighted by Gasteiger charge is 2.00. The molecule has 1 aromatic heterocycles. The molecule has 1 heterocycles. The summed E-state index contributed by atoms with van der Waals surface area (Å²) in [5, 5.41) is 2.40. The van der Waals surface area contributed by atoms with Gasteiger partial charge in [-0.2, -0.15) is 0 Å². The number of rotatable bonds is 2. The van der Waals surface area contributed by atoms with Crippen molar-refractivity contribution in [2.24, 2.45) is 0 Å². The monoisotopic (exact) mass is 246 g/mol. The van der Waals surface area contributed by atoms with E-state index >= 15 is 0 Å². The predicted octanol–water partition coefficient (Wildman–Crippen LogP) is 4.83. The number of nitrogens with zero attached hydrogens (tertiary/aromatic N) is 1. The van der Waals surface area contributed by atoms with Crippen LogP contribution in [0.1, 0.15) is 25.3 Å². The maximum absolute atomic E-state index is 4.55. The topological polar surface area (TPSA) is 12.9 Å². The lowest BCUT2D eigenvalue weighted by atomic mass is 9.97. The van der Waals surface area contributed by atoms with Gasteiger partial charge in [-0.1, -0.05) is 38.1 Å². The second kappa shape index (κ2) is 4.85. The summed E-state index contributed by atoms with van der Waals surface area (Å²) >= 11 is 0. The zero-order valence-corrected chi connectivity index (χ0v) is 11.2. The van der Waals surface area contributed by atoms with Crippen LogP contribution in [-0.2, 0) is 0 Å². The molecule has 0 radical (unpaired) electrons. The Hall–Kier alpha value is -2.15. The van der Waals surface area contributed by atoms with Crippen molar-refractivity contribution in [2.45, 2.75) is 19.8 Å². The Kier molecular flexibility index (Phi) is 3.04. The fourth-order valence-electron chi connectivity index (χ4n) is 2.31. The van der Waals surface area contributed by atoms with Crippen molar-refractivity contribution in [3.63, 3.8) is 0 Å². The average molecular weight is 246 g/mol. The second-order valence-electron chi connectivity index (χ2n) is 5.07. The minimum Gasteiger partial charge on any atom is -0.304 e. The molecular formula is C18H16N-. The molecule has 2 aromatic carbocycles. The van der Waals surface area contributed by atoms with E-state index < -0.39 is 0 Å². The van der Waals surface area contributed by atoms with Crippen molar-refractivity contribution in [2.75, 3.05) is 0 Å². The van der Waals surface area contributed by atoms with Crippen LogP contribution < -0.4 is 0 Å². The van der Waals surface area contributed by atoms with Gasteiger partial charge in [0.15, 0.2) is 0 Å². The van der Waals surface area contributed by atoms with Crippen molar-refractivity contribution in [3.8, 4) is 11.3 Å². The quantitative estimate of drug-likeness (QED) is 0.590. The Morgan fingerprint density at radius 1 is 1.05 bits per heavy atom. The lowest BCUT2D eigenvalue weighted by Crippen LogP contribution is -1.90. The molecule has 0 saturated carbocycles. The van der Waals surface area contributed by atoms with E-state index in [1.165, 1.54) is 16.3 Å². The first-order valence-electron chi connectivity index (χ1n) is 6.61. The van der Waals surface area contributed by atoms with Gasteiger partial charge in [-0.25, -0.2) is 0 Å². The first kappa shape index (κ1) is 11.9. The summed E-state index contributed by atoms with van der Waals surface area (Å²) < 4.78 is 0. The van der Waals surface area contributed by atoms with Gasteiger partial charge in [0.1, 0.15) is 0 Å². The van der Waals surface area contributed by atoms with Gasteiger partial charge in [-0.15, -0.1) is 35.4 Å². The molecule has 0 fully saturated rings. The highest BCUT2D eigenvalue weighted by molar-refractivity contribution is 5.94. The van der Waals surface area contributed by atoms with Crippen molar-refractivity contribution < 1.29 is 0 Å². The molecule has 19 heavy (non-hydrogen) atoms. The van der Waals surface area contributed by atoms with Gasteiger partial charge >= 0.3 is 0 Å². The van der Waals surface area contributed by atoms with E-state index in [0.29, 0.717) is 5.92 Å². The predicted molar refractivity (Wildman–Crippen MR) is 80.1 cm³/mol. The third-order valence-electron chi connectivity index (χ3n) is 3.42. The molecule has 0 unspecified atom stereocenters. The van der Waals surface area contributed by atoms with Crippen LogP contribution in [0.2, 0.25) is 0 Å². The van der Waals surface area contributed by atoms with Gasteiger partial charge in [0, 0.05) is 6.20 Å². The van der Waals surface area contributed by atoms with Crippen molar-refractivity contribution in [1.29, 1.82) is 0 Å². The molecule has 1 heteroatoms. The Labute approximate surface area is 113 Å². The average Bonchev–Trinajstić information content (AvgIpc) is 2.47. The largest absolute Gasteiger partial charge is 0.304 e. The number of aromatic nitrogens is 1. The normalized spacial score (nSPS) is 11.1. The molecule has 3 rings (SSSR count). The van der Waals surface area contributed by atoms with Crippen LogP contribution in [0.5, 0.6) is 0 Å². The van der Waals surface area contributed by atoms with Crippen LogP contribution >= 0.6 is 0 Å². The highest BCUT2D eigenvalue weighted by Crippen LogP contribution is 2.28. The molecule has 0 aliphatic rings. The SMILES string of the molecule is CC(C)c1cc[c-]c(-c2nccc3ccccc23)c1. The van der Waals surface area contributed by atoms with E-state index in [0.717, 1.165) is 11.3 Å². The van der Waals surface area contributed by atoms with Crippen LogP contribution in [0.15, 0.2) is 54.7 Å². The summed E-state index contributed by atoms with van der Waals surface area (Å²) in [4.78, 5) is 4.55. The second-order valence-corrected chi connectivity index (χ2v) is 5.07. The van der Waals surface area contributed by atoms with Crippen molar-refractivity contribution in [1.82, 2.24) is 4.98 Å². The molecular weight excluding hydrogens is 230 g/mol. The van der Waals surface area contributed by atoms with E-state index in [9.17, 15) is 0 Å². The van der Waals surface area contributed by atoms with Gasteiger partial charge < -0.3 is 4.98 Å². The maximum atomic E-state index is 4.55. The molecule has 94 valence electrons. The van der Waals surface area contributed by atoms with Gasteiger partial charge in [0.2, 0.25) is 0 Å². The molecule has 1 nitrogen and oxygen atoms in total. The van der Waals surface area contributed by atoms with E-state index in [-0.39, 0.29) is 0 Å². The number of hydrogen-bond donors (Lipinski definition) is 0. The number of pyridine rings is 1. The lowest BCUT2D eigenvalue weighted by Gasteiger charge is -2.16. The number of benzene rings is 2. The van der Waals surface area contributed by atoms with Crippen LogP contribution in [0.4, 0.5) is 0 Å². The van der Waals surface area contributed by atoms with E-state index in [1.807, 2.05) is 18.3 Å². The first-order chi connectivity index (χ1) is 9.25. The molecule has 0 aliphatic carbocycles. The Morgan fingerprint density at radius 3 is 2.74 bits per heavy atom. The Morgan fingerprint density at radius 2 is 1.89 bits per heavy atom. The summed E-state index contributed by atoms with van der Waals surface area (Å²) in [7, 11) is 0. The maximum Gasteiger partial charge on any atom is 0.0167 e. The minimum absolute atomic E-state index is 0.517. The zero-order chi connectivity index (χ0) is 13.2. The van der Waals surface area contributed by atoms with E-state index in [2.05, 4.69) is 61.3 Å². The molecule has 0 amide bonds. The van der Waals surface area contributed by atoms with Crippen LogP contribution in [0.25, 0.3) is 22.0 Å². The highest BCUT2D eigenvalue weighted by atomic mass is 14.7. The number of hydrogen-bond acceptors (Lipinski definition) is 1. The smallest absolute Gasteiger partial charge is 0.0167 e. The fraction of sp³-hybridized carbons (Fsp3) is 0.167. The van der Waals surface area contributed by atoms with Crippen molar-refractivity contribution >= 4 is 10.8 Å². The lowest BCUT2D eigenvalue weighted by molar-refractivity contribution is 0.867. The molecule has 0 spiro atoms. The number of fused-ring (bicyclic) bond motifs is 1. The first-order valence-corrected chi connectivity index (χ1v) is 6.61. The van der Waals surface area contributed by atoms with E-state index in [1.54, 1.807) is 0 Å². The van der Waals surface area contributed by atoms with Gasteiger partial charge in [0.05, 0.1) is 0 Å². The molecule has 0 aliphatic heterocycles. The third kappa shape index (κ3) is 2.24. The third-order valence-corrected chi connectivity index (χ3v) is 3.42. The fourth-order valence-corrected chi connectivity index (χ4v) is 2.31. The molecule has 0 bridgehead atoms. The van der Waals surface area contributed by atoms with Gasteiger partial charge in [-0.3, -0.25) is 0 Å². The Bertz CT molecular complexity index is 708. The molecule has 3 aromatic rings. The summed E-state index contributed by atoms with van der Waals surface area (Å²) in [5.74, 6) is 0.517. The van der Waals surface area contributed by atoms with Crippen molar-refractivity contribution in [3.05, 3.63) is 66.4 Å². The van der Waals surface area contributed by atoms with Gasteiger partial charge in [0.25, 0.3) is 0 Å². The standard InChI is InChI=1S/C18H16N/c1-13(2)15-7-5-8-16(12-15)18-17-9-4-3-6-14(17)10-11-19-18/h3-7,9-13H,1-2H3/q-1. The van der Waals surface area contributed by atoms with Crippen LogP contribution in [0.3, 0.4) is 0 Å². The summed E-state index contributed by atoms with van der Waals surface area (Å²) in [6, 6.07) is 20.0.